The summed E-state index contributed by atoms with van der Waals surface area (Å²) in [4.78, 5) is 16.9. The van der Waals surface area contributed by atoms with Crippen LogP contribution in [0.15, 0.2) is 48.5 Å². The summed E-state index contributed by atoms with van der Waals surface area (Å²) >= 11 is 1.31. The number of benzene rings is 2. The van der Waals surface area contributed by atoms with Crippen molar-refractivity contribution in [2.24, 2.45) is 0 Å². The van der Waals surface area contributed by atoms with Crippen LogP contribution < -0.4 is 5.32 Å². The molecule has 0 saturated carbocycles. The van der Waals surface area contributed by atoms with Gasteiger partial charge in [-0.3, -0.25) is 4.79 Å². The first kappa shape index (κ1) is 16.4. The lowest BCUT2D eigenvalue weighted by Crippen LogP contribution is -2.15. The van der Waals surface area contributed by atoms with Crippen LogP contribution in [0, 0.1) is 19.7 Å². The van der Waals surface area contributed by atoms with E-state index in [9.17, 15) is 9.18 Å². The van der Waals surface area contributed by atoms with Crippen LogP contribution in [0.3, 0.4) is 0 Å². The van der Waals surface area contributed by atoms with Gasteiger partial charge in [-0.1, -0.05) is 35.1 Å². The van der Waals surface area contributed by atoms with Crippen molar-refractivity contribution in [3.63, 3.8) is 0 Å². The number of fused-ring (bicyclic) bond motifs is 1. The third-order valence-corrected chi connectivity index (χ3v) is 4.92. The number of rotatable bonds is 3. The fraction of sp³-hybridized carbons (Fsp3) is 0.105. The summed E-state index contributed by atoms with van der Waals surface area (Å²) in [5, 5.41) is 7.75. The molecule has 5 nitrogen and oxygen atoms in total. The normalized spacial score (nSPS) is 11.0. The average molecular weight is 366 g/mol. The zero-order valence-corrected chi connectivity index (χ0v) is 15.0. The number of hydrogen-bond donors (Lipinski definition) is 1. The molecule has 4 rings (SSSR count). The van der Waals surface area contributed by atoms with Gasteiger partial charge in [0.15, 0.2) is 0 Å². The second kappa shape index (κ2) is 6.34. The predicted octanol–water partition coefficient (Wildman–Crippen LogP) is 4.49. The van der Waals surface area contributed by atoms with E-state index in [4.69, 9.17) is 0 Å². The second-order valence-corrected chi connectivity index (χ2v) is 7.00. The maximum Gasteiger partial charge on any atom is 0.256 e. The number of halogens is 1. The van der Waals surface area contributed by atoms with E-state index in [1.54, 1.807) is 30.3 Å². The van der Waals surface area contributed by atoms with Gasteiger partial charge in [0.1, 0.15) is 17.2 Å². The van der Waals surface area contributed by atoms with E-state index in [0.717, 1.165) is 16.0 Å². The SMILES string of the molecule is Cc1ccc(C(=O)Nc2cc(C)nn2-c2nc3c(F)cccc3s2)cc1. The molecule has 7 heteroatoms. The number of aryl methyl sites for hydroxylation is 2. The molecule has 2 heterocycles. The van der Waals surface area contributed by atoms with Crippen molar-refractivity contribution in [2.75, 3.05) is 5.32 Å². The molecule has 2 aromatic heterocycles. The highest BCUT2D eigenvalue weighted by Gasteiger charge is 2.16. The van der Waals surface area contributed by atoms with Crippen LogP contribution in [0.2, 0.25) is 0 Å². The van der Waals surface area contributed by atoms with Gasteiger partial charge >= 0.3 is 0 Å². The van der Waals surface area contributed by atoms with Gasteiger partial charge in [-0.2, -0.15) is 9.78 Å². The fourth-order valence-corrected chi connectivity index (χ4v) is 3.57. The molecule has 0 aliphatic carbocycles. The summed E-state index contributed by atoms with van der Waals surface area (Å²) in [5.41, 5.74) is 2.66. The standard InChI is InChI=1S/C19H15FN4OS/c1-11-6-8-13(9-7-11)18(25)21-16-10-12(2)23-24(16)19-22-17-14(20)4-3-5-15(17)26-19/h3-10H,1-2H3,(H,21,25). The number of carbonyl (C=O) groups excluding carboxylic acids is 1. The van der Waals surface area contributed by atoms with Crippen molar-refractivity contribution in [2.45, 2.75) is 13.8 Å². The highest BCUT2D eigenvalue weighted by molar-refractivity contribution is 7.20. The van der Waals surface area contributed by atoms with Gasteiger partial charge in [0.25, 0.3) is 5.91 Å². The zero-order chi connectivity index (χ0) is 18.3. The first-order valence-electron chi connectivity index (χ1n) is 8.01. The molecule has 0 aliphatic rings. The maximum absolute atomic E-state index is 13.9. The van der Waals surface area contributed by atoms with Crippen LogP contribution >= 0.6 is 11.3 Å². The Balaban J connectivity index is 1.71. The molecule has 0 atom stereocenters. The topological polar surface area (TPSA) is 59.8 Å². The largest absolute Gasteiger partial charge is 0.306 e. The number of nitrogens with zero attached hydrogens (tertiary/aromatic N) is 3. The lowest BCUT2D eigenvalue weighted by molar-refractivity contribution is 0.102. The van der Waals surface area contributed by atoms with Gasteiger partial charge in [0, 0.05) is 11.6 Å². The van der Waals surface area contributed by atoms with Gasteiger partial charge in [-0.05, 0) is 38.1 Å². The Hall–Kier alpha value is -3.06. The summed E-state index contributed by atoms with van der Waals surface area (Å²) in [7, 11) is 0. The van der Waals surface area contributed by atoms with Crippen LogP contribution in [0.1, 0.15) is 21.6 Å². The van der Waals surface area contributed by atoms with Crippen molar-refractivity contribution in [1.29, 1.82) is 0 Å². The number of para-hydroxylation sites is 1. The summed E-state index contributed by atoms with van der Waals surface area (Å²) in [5.74, 6) is -0.120. The van der Waals surface area contributed by atoms with Crippen molar-refractivity contribution in [3.05, 3.63) is 71.2 Å². The van der Waals surface area contributed by atoms with Crippen LogP contribution in [0.5, 0.6) is 0 Å². The minimum atomic E-state index is -0.376. The number of amides is 1. The zero-order valence-electron chi connectivity index (χ0n) is 14.2. The van der Waals surface area contributed by atoms with Crippen molar-refractivity contribution < 1.29 is 9.18 Å². The molecule has 1 N–H and O–H groups in total. The molecule has 1 amide bonds. The number of carbonyl (C=O) groups is 1. The van der Waals surface area contributed by atoms with Crippen molar-refractivity contribution in [3.8, 4) is 5.13 Å². The summed E-state index contributed by atoms with van der Waals surface area (Å²) in [6.07, 6.45) is 0. The smallest absolute Gasteiger partial charge is 0.256 e. The van der Waals surface area contributed by atoms with Crippen molar-refractivity contribution >= 4 is 33.3 Å². The molecule has 0 saturated heterocycles. The third-order valence-electron chi connectivity index (χ3n) is 3.93. The fourth-order valence-electron chi connectivity index (χ4n) is 2.62. The predicted molar refractivity (Wildman–Crippen MR) is 101 cm³/mol. The lowest BCUT2D eigenvalue weighted by Gasteiger charge is -2.06. The molecule has 2 aromatic carbocycles. The summed E-state index contributed by atoms with van der Waals surface area (Å²) in [6, 6.07) is 13.9. The minimum absolute atomic E-state index is 0.238. The summed E-state index contributed by atoms with van der Waals surface area (Å²) in [6.45, 7) is 3.79. The van der Waals surface area contributed by atoms with Gasteiger partial charge in [0.2, 0.25) is 5.13 Å². The Morgan fingerprint density at radius 2 is 1.92 bits per heavy atom. The number of aromatic nitrogens is 3. The lowest BCUT2D eigenvalue weighted by atomic mass is 10.1. The highest BCUT2D eigenvalue weighted by atomic mass is 32.1. The first-order chi connectivity index (χ1) is 12.5. The van der Waals surface area contributed by atoms with Crippen molar-refractivity contribution in [1.82, 2.24) is 14.8 Å². The minimum Gasteiger partial charge on any atom is -0.306 e. The van der Waals surface area contributed by atoms with E-state index in [2.05, 4.69) is 15.4 Å². The van der Waals surface area contributed by atoms with Gasteiger partial charge in [0.05, 0.1) is 10.4 Å². The van der Waals surface area contributed by atoms with E-state index in [-0.39, 0.29) is 11.7 Å². The molecule has 0 fully saturated rings. The Labute approximate surface area is 153 Å². The molecule has 130 valence electrons. The van der Waals surface area contributed by atoms with E-state index in [0.29, 0.717) is 22.0 Å². The summed E-state index contributed by atoms with van der Waals surface area (Å²) < 4.78 is 16.2. The number of anilines is 1. The Kier molecular flexibility index (Phi) is 4.00. The molecule has 4 aromatic rings. The van der Waals surface area contributed by atoms with Gasteiger partial charge < -0.3 is 5.32 Å². The monoisotopic (exact) mass is 366 g/mol. The van der Waals surface area contributed by atoms with Gasteiger partial charge in [-0.15, -0.1) is 0 Å². The number of thiazole rings is 1. The molecule has 0 bridgehead atoms. The average Bonchev–Trinajstić information content (AvgIpc) is 3.19. The molecule has 0 aliphatic heterocycles. The first-order valence-corrected chi connectivity index (χ1v) is 8.83. The van der Waals surface area contributed by atoms with Crippen LogP contribution in [0.25, 0.3) is 15.3 Å². The number of nitrogens with one attached hydrogen (secondary N) is 1. The number of hydrogen-bond acceptors (Lipinski definition) is 4. The highest BCUT2D eigenvalue weighted by Crippen LogP contribution is 2.28. The van der Waals surface area contributed by atoms with Crippen LogP contribution in [-0.4, -0.2) is 20.7 Å². The molecule has 26 heavy (non-hydrogen) atoms. The molecular weight excluding hydrogens is 351 g/mol. The Bertz CT molecular complexity index is 1110. The van der Waals surface area contributed by atoms with Crippen LogP contribution in [-0.2, 0) is 0 Å². The van der Waals surface area contributed by atoms with E-state index in [1.807, 2.05) is 26.0 Å². The Morgan fingerprint density at radius 3 is 2.65 bits per heavy atom. The van der Waals surface area contributed by atoms with E-state index >= 15 is 0 Å². The Morgan fingerprint density at radius 1 is 1.15 bits per heavy atom. The quantitative estimate of drug-likeness (QED) is 0.581. The second-order valence-electron chi connectivity index (χ2n) is 5.99. The maximum atomic E-state index is 13.9. The third kappa shape index (κ3) is 2.97. The molecule has 0 spiro atoms. The van der Waals surface area contributed by atoms with Crippen LogP contribution in [0.4, 0.5) is 10.2 Å². The van der Waals surface area contributed by atoms with E-state index in [1.165, 1.54) is 22.1 Å². The van der Waals surface area contributed by atoms with E-state index < -0.39 is 0 Å². The molecule has 0 unspecified atom stereocenters. The van der Waals surface area contributed by atoms with Gasteiger partial charge in [-0.25, -0.2) is 9.37 Å². The molecule has 0 radical (unpaired) electrons. The molecular formula is C19H15FN4OS.